The predicted octanol–water partition coefficient (Wildman–Crippen LogP) is -6.19. The second kappa shape index (κ2) is 14.2. The number of amides is 1. The summed E-state index contributed by atoms with van der Waals surface area (Å²) in [4.78, 5) is 11.7. The molecule has 17 heteroatoms. The lowest BCUT2D eigenvalue weighted by atomic mass is 9.94. The van der Waals surface area contributed by atoms with E-state index in [-0.39, 0.29) is 0 Å². The van der Waals surface area contributed by atoms with Crippen molar-refractivity contribution in [2.24, 2.45) is 11.5 Å². The number of methoxy groups -OCH3 is 2. The van der Waals surface area contributed by atoms with Crippen molar-refractivity contribution < 1.29 is 68.6 Å². The SMILES string of the molecule is CO[C@@H]1OC(CO)[C@@H](OC2OC(CO)[C@@H](OC3O[C@@H](CO)[C@@H](OC)C(O)C3N)[C@H](O)[C@@H]2N)C(O)C1NC(C)=O. The van der Waals surface area contributed by atoms with Crippen LogP contribution in [0.1, 0.15) is 6.92 Å². The molecule has 0 aromatic rings. The molecule has 3 saturated heterocycles. The summed E-state index contributed by atoms with van der Waals surface area (Å²) in [6.45, 7) is -0.584. The topological polar surface area (TPSA) is 267 Å². The van der Waals surface area contributed by atoms with Crippen LogP contribution >= 0.6 is 0 Å². The Labute approximate surface area is 224 Å². The Bertz CT molecular complexity index is 780. The van der Waals surface area contributed by atoms with Crippen LogP contribution in [0.3, 0.4) is 0 Å². The van der Waals surface area contributed by atoms with Crippen LogP contribution in [0.25, 0.3) is 0 Å². The second-order valence-corrected chi connectivity index (χ2v) is 9.67. The first kappa shape index (κ1) is 32.4. The molecule has 17 nitrogen and oxygen atoms in total. The summed E-state index contributed by atoms with van der Waals surface area (Å²) in [5.74, 6) is -0.485. The lowest BCUT2D eigenvalue weighted by molar-refractivity contribution is -0.350. The van der Waals surface area contributed by atoms with Crippen LogP contribution in [-0.4, -0.2) is 163 Å². The van der Waals surface area contributed by atoms with Crippen molar-refractivity contribution in [3.8, 4) is 0 Å². The van der Waals surface area contributed by atoms with Gasteiger partial charge in [0.2, 0.25) is 5.91 Å². The van der Waals surface area contributed by atoms with E-state index in [1.54, 1.807) is 0 Å². The van der Waals surface area contributed by atoms with Crippen LogP contribution in [0.5, 0.6) is 0 Å². The van der Waals surface area contributed by atoms with Gasteiger partial charge in [-0.15, -0.1) is 0 Å². The molecule has 1 amide bonds. The molecule has 0 aliphatic carbocycles. The number of hydrogen-bond acceptors (Lipinski definition) is 16. The quantitative estimate of drug-likeness (QED) is 0.118. The zero-order chi connectivity index (χ0) is 29.0. The maximum absolute atomic E-state index is 11.7. The molecule has 0 saturated carbocycles. The van der Waals surface area contributed by atoms with E-state index in [1.807, 2.05) is 0 Å². The normalized spacial score (nSPS) is 47.1. The van der Waals surface area contributed by atoms with Crippen LogP contribution in [0, 0.1) is 0 Å². The number of nitrogens with one attached hydrogen (secondary N) is 1. The van der Waals surface area contributed by atoms with Crippen LogP contribution in [-0.2, 0) is 38.0 Å². The highest BCUT2D eigenvalue weighted by Gasteiger charge is 2.53. The molecule has 228 valence electrons. The summed E-state index contributed by atoms with van der Waals surface area (Å²) in [5, 5.41) is 64.4. The molecular formula is C22H41N3O14. The Balaban J connectivity index is 1.75. The van der Waals surface area contributed by atoms with Gasteiger partial charge < -0.3 is 80.6 Å². The number of aliphatic hydroxyl groups excluding tert-OH is 6. The number of carbonyl (C=O) groups excluding carboxylic acids is 1. The highest BCUT2D eigenvalue weighted by Crippen LogP contribution is 2.32. The van der Waals surface area contributed by atoms with Crippen molar-refractivity contribution in [3.05, 3.63) is 0 Å². The Hall–Kier alpha value is -1.13. The van der Waals surface area contributed by atoms with Gasteiger partial charge in [0.1, 0.15) is 61.0 Å². The van der Waals surface area contributed by atoms with Gasteiger partial charge in [-0.1, -0.05) is 0 Å². The van der Waals surface area contributed by atoms with Gasteiger partial charge in [0.15, 0.2) is 18.9 Å². The Kier molecular flexibility index (Phi) is 11.8. The van der Waals surface area contributed by atoms with E-state index >= 15 is 0 Å². The van der Waals surface area contributed by atoms with Gasteiger partial charge in [0.05, 0.1) is 31.9 Å². The maximum atomic E-state index is 11.7. The Morgan fingerprint density at radius 1 is 0.718 bits per heavy atom. The summed E-state index contributed by atoms with van der Waals surface area (Å²) in [7, 11) is 2.61. The lowest BCUT2D eigenvalue weighted by Gasteiger charge is -2.49. The highest BCUT2D eigenvalue weighted by atomic mass is 16.7. The molecule has 0 radical (unpaired) electrons. The molecular weight excluding hydrogens is 530 g/mol. The van der Waals surface area contributed by atoms with E-state index in [0.717, 1.165) is 0 Å². The first-order valence-corrected chi connectivity index (χ1v) is 12.5. The van der Waals surface area contributed by atoms with Crippen molar-refractivity contribution >= 4 is 5.91 Å². The van der Waals surface area contributed by atoms with E-state index in [1.165, 1.54) is 21.1 Å². The molecule has 3 heterocycles. The largest absolute Gasteiger partial charge is 0.394 e. The summed E-state index contributed by atoms with van der Waals surface area (Å²) in [5.41, 5.74) is 12.2. The Morgan fingerprint density at radius 3 is 1.54 bits per heavy atom. The predicted molar refractivity (Wildman–Crippen MR) is 126 cm³/mol. The monoisotopic (exact) mass is 571 g/mol. The van der Waals surface area contributed by atoms with Gasteiger partial charge in [-0.3, -0.25) is 4.79 Å². The number of aliphatic hydroxyl groups is 6. The first-order valence-electron chi connectivity index (χ1n) is 12.5. The molecule has 8 unspecified atom stereocenters. The molecule has 39 heavy (non-hydrogen) atoms. The van der Waals surface area contributed by atoms with E-state index in [0.29, 0.717) is 0 Å². The standard InChI is InChI=1S/C22H41N3O14/c1-7(29)25-13-16(32)19(10(6-28)37-22(13)34-3)39-21-12(24)15(31)18(9(5-27)36-21)38-20-11(23)14(30)17(33-2)8(4-26)35-20/h8-22,26-28,30-32H,4-6,23-24H2,1-3H3,(H,25,29)/t8-,9?,10?,11?,12-,13?,14?,15+,16?,17+,18+,19+,20?,21?,22+/m0/s1. The average molecular weight is 572 g/mol. The molecule has 0 bridgehead atoms. The molecule has 3 fully saturated rings. The minimum Gasteiger partial charge on any atom is -0.394 e. The fraction of sp³-hybridized carbons (Fsp3) is 0.955. The smallest absolute Gasteiger partial charge is 0.217 e. The van der Waals surface area contributed by atoms with Crippen LogP contribution in [0.15, 0.2) is 0 Å². The van der Waals surface area contributed by atoms with Crippen molar-refractivity contribution in [2.75, 3.05) is 34.0 Å². The second-order valence-electron chi connectivity index (χ2n) is 9.67. The number of nitrogens with two attached hydrogens (primary N) is 2. The van der Waals surface area contributed by atoms with E-state index in [2.05, 4.69) is 5.32 Å². The summed E-state index contributed by atoms with van der Waals surface area (Å²) >= 11 is 0. The van der Waals surface area contributed by atoms with Crippen molar-refractivity contribution in [1.29, 1.82) is 0 Å². The maximum Gasteiger partial charge on any atom is 0.217 e. The van der Waals surface area contributed by atoms with Crippen molar-refractivity contribution in [2.45, 2.75) is 98.9 Å². The molecule has 11 N–H and O–H groups in total. The van der Waals surface area contributed by atoms with Gasteiger partial charge in [-0.05, 0) is 0 Å². The number of ether oxygens (including phenoxy) is 7. The minimum atomic E-state index is -1.55. The van der Waals surface area contributed by atoms with Crippen LogP contribution in [0.4, 0.5) is 0 Å². The van der Waals surface area contributed by atoms with Gasteiger partial charge in [-0.2, -0.15) is 0 Å². The van der Waals surface area contributed by atoms with Crippen molar-refractivity contribution in [3.63, 3.8) is 0 Å². The summed E-state index contributed by atoms with van der Waals surface area (Å²) in [6, 6.07) is -3.57. The van der Waals surface area contributed by atoms with Gasteiger partial charge in [-0.25, -0.2) is 0 Å². The third-order valence-corrected chi connectivity index (χ3v) is 7.11. The first-order chi connectivity index (χ1) is 18.5. The fourth-order valence-electron chi connectivity index (χ4n) is 5.01. The fourth-order valence-corrected chi connectivity index (χ4v) is 5.01. The summed E-state index contributed by atoms with van der Waals surface area (Å²) in [6.07, 6.45) is -15.1. The number of rotatable bonds is 10. The molecule has 3 aliphatic rings. The zero-order valence-electron chi connectivity index (χ0n) is 21.9. The van der Waals surface area contributed by atoms with Gasteiger partial charge in [0, 0.05) is 21.1 Å². The zero-order valence-corrected chi connectivity index (χ0v) is 21.9. The highest BCUT2D eigenvalue weighted by molar-refractivity contribution is 5.73. The van der Waals surface area contributed by atoms with Crippen molar-refractivity contribution in [1.82, 2.24) is 5.32 Å². The molecule has 15 atom stereocenters. The van der Waals surface area contributed by atoms with Crippen LogP contribution < -0.4 is 16.8 Å². The molecule has 3 aliphatic heterocycles. The van der Waals surface area contributed by atoms with Gasteiger partial charge >= 0.3 is 0 Å². The Morgan fingerprint density at radius 2 is 1.13 bits per heavy atom. The third kappa shape index (κ3) is 6.85. The summed E-state index contributed by atoms with van der Waals surface area (Å²) < 4.78 is 39.0. The third-order valence-electron chi connectivity index (χ3n) is 7.11. The van der Waals surface area contributed by atoms with E-state index < -0.39 is 118 Å². The number of hydrogen-bond donors (Lipinski definition) is 9. The van der Waals surface area contributed by atoms with E-state index in [4.69, 9.17) is 44.6 Å². The van der Waals surface area contributed by atoms with E-state index in [9.17, 15) is 35.4 Å². The average Bonchev–Trinajstić information content (AvgIpc) is 2.92. The molecule has 0 aromatic carbocycles. The van der Waals surface area contributed by atoms with Gasteiger partial charge in [0.25, 0.3) is 0 Å². The molecule has 0 aromatic heterocycles. The number of carbonyl (C=O) groups is 1. The van der Waals surface area contributed by atoms with Crippen LogP contribution in [0.2, 0.25) is 0 Å². The molecule has 3 rings (SSSR count). The molecule has 0 spiro atoms. The lowest BCUT2D eigenvalue weighted by Crippen LogP contribution is -2.70. The minimum absolute atomic E-state index is 0.485.